The van der Waals surface area contributed by atoms with Crippen molar-refractivity contribution >= 4 is 28.3 Å². The Kier molecular flexibility index (Phi) is 3.79. The molecule has 8 heteroatoms. The fourth-order valence-electron chi connectivity index (χ4n) is 2.57. The Balaban J connectivity index is 1.89. The largest absolute Gasteiger partial charge is 0.433 e. The molecule has 0 unspecified atom stereocenters. The van der Waals surface area contributed by atoms with E-state index in [0.29, 0.717) is 16.6 Å². The van der Waals surface area contributed by atoms with Crippen molar-refractivity contribution in [1.82, 2.24) is 9.97 Å². The summed E-state index contributed by atoms with van der Waals surface area (Å²) in [5, 5.41) is 23.1. The first-order valence-electron chi connectivity index (χ1n) is 7.69. The smallest absolute Gasteiger partial charge is 0.397 e. The fourth-order valence-corrected chi connectivity index (χ4v) is 2.57. The minimum atomic E-state index is -0.631. The normalized spacial score (nSPS) is 10.8. The molecule has 0 bridgehead atoms. The Hall–Kier alpha value is -3.78. The maximum absolute atomic E-state index is 10.8. The van der Waals surface area contributed by atoms with Crippen molar-refractivity contribution in [2.75, 3.05) is 5.06 Å². The molecule has 2 heterocycles. The van der Waals surface area contributed by atoms with Crippen LogP contribution in [0.2, 0.25) is 0 Å². The molecule has 0 aliphatic rings. The number of hydrogen-bond acceptors (Lipinski definition) is 7. The second-order valence-electron chi connectivity index (χ2n) is 5.43. The van der Waals surface area contributed by atoms with Gasteiger partial charge in [-0.1, -0.05) is 30.3 Å². The number of nitrogens with zero attached hydrogens (tertiary/aromatic N) is 4. The van der Waals surface area contributed by atoms with Gasteiger partial charge < -0.3 is 4.42 Å². The lowest BCUT2D eigenvalue weighted by Gasteiger charge is -2.18. The van der Waals surface area contributed by atoms with Gasteiger partial charge in [-0.3, -0.25) is 15.3 Å². The number of fused-ring (bicyclic) bond motifs is 1. The molecule has 0 aliphatic heterocycles. The molecule has 0 atom stereocenters. The summed E-state index contributed by atoms with van der Waals surface area (Å²) in [5.41, 5.74) is 1.09. The minimum Gasteiger partial charge on any atom is -0.397 e. The van der Waals surface area contributed by atoms with Crippen LogP contribution in [0.1, 0.15) is 0 Å². The maximum atomic E-state index is 10.8. The van der Waals surface area contributed by atoms with Gasteiger partial charge in [0.25, 0.3) is 0 Å². The highest BCUT2D eigenvalue weighted by Gasteiger charge is 2.19. The van der Waals surface area contributed by atoms with E-state index >= 15 is 0 Å². The van der Waals surface area contributed by atoms with E-state index in [0.717, 1.165) is 5.06 Å². The van der Waals surface area contributed by atoms with Gasteiger partial charge in [-0.15, -0.1) is 0 Å². The van der Waals surface area contributed by atoms with Crippen molar-refractivity contribution < 1.29 is 14.5 Å². The summed E-state index contributed by atoms with van der Waals surface area (Å²) in [7, 11) is 0. The van der Waals surface area contributed by atoms with Crippen molar-refractivity contribution in [2.45, 2.75) is 0 Å². The zero-order valence-electron chi connectivity index (χ0n) is 13.3. The van der Waals surface area contributed by atoms with E-state index in [9.17, 15) is 15.3 Å². The molecule has 128 valence electrons. The Morgan fingerprint density at radius 1 is 0.962 bits per heavy atom. The number of benzene rings is 2. The summed E-state index contributed by atoms with van der Waals surface area (Å²) in [4.78, 5) is 19.0. The predicted molar refractivity (Wildman–Crippen MR) is 94.3 cm³/mol. The number of para-hydroxylation sites is 2. The lowest BCUT2D eigenvalue weighted by atomic mass is 10.2. The number of hydrogen-bond donors (Lipinski definition) is 1. The highest BCUT2D eigenvalue weighted by Crippen LogP contribution is 2.32. The summed E-state index contributed by atoms with van der Waals surface area (Å²) in [6.45, 7) is 0. The van der Waals surface area contributed by atoms with Crippen LogP contribution in [0.3, 0.4) is 0 Å². The Morgan fingerprint density at radius 2 is 1.69 bits per heavy atom. The summed E-state index contributed by atoms with van der Waals surface area (Å²) in [6.07, 6.45) is 0. The monoisotopic (exact) mass is 348 g/mol. The van der Waals surface area contributed by atoms with Crippen LogP contribution in [0.15, 0.2) is 71.1 Å². The SMILES string of the molecule is O=[N+]([O-])c1ccc(-c2nc(N(O)c3ccccc3)c3ccccc3n2)o1. The van der Waals surface area contributed by atoms with Crippen molar-refractivity contribution in [3.05, 3.63) is 76.8 Å². The molecule has 1 N–H and O–H groups in total. The minimum absolute atomic E-state index is 0.141. The average Bonchev–Trinajstić information content (AvgIpc) is 3.18. The Bertz CT molecular complexity index is 1090. The first-order valence-corrected chi connectivity index (χ1v) is 7.69. The summed E-state index contributed by atoms with van der Waals surface area (Å²) in [6, 6.07) is 18.7. The van der Waals surface area contributed by atoms with Crippen LogP contribution in [0.5, 0.6) is 0 Å². The highest BCUT2D eigenvalue weighted by atomic mass is 16.6. The number of anilines is 2. The first-order chi connectivity index (χ1) is 12.6. The number of furan rings is 1. The molecule has 4 rings (SSSR count). The van der Waals surface area contributed by atoms with Gasteiger partial charge in [-0.25, -0.2) is 15.0 Å². The van der Waals surface area contributed by atoms with Crippen LogP contribution in [0.4, 0.5) is 17.4 Å². The van der Waals surface area contributed by atoms with Gasteiger partial charge in [0.1, 0.15) is 4.92 Å². The molecule has 2 aromatic heterocycles. The van der Waals surface area contributed by atoms with Gasteiger partial charge in [-0.2, -0.15) is 0 Å². The molecule has 0 amide bonds. The van der Waals surface area contributed by atoms with Crippen LogP contribution >= 0.6 is 0 Å². The quantitative estimate of drug-likeness (QED) is 0.432. The van der Waals surface area contributed by atoms with Gasteiger partial charge >= 0.3 is 5.88 Å². The van der Waals surface area contributed by atoms with E-state index in [2.05, 4.69) is 9.97 Å². The van der Waals surface area contributed by atoms with Gasteiger partial charge in [0.05, 0.1) is 17.3 Å². The third kappa shape index (κ3) is 2.74. The second-order valence-corrected chi connectivity index (χ2v) is 5.43. The van der Waals surface area contributed by atoms with Crippen LogP contribution in [0, 0.1) is 10.1 Å². The topological polar surface area (TPSA) is 106 Å². The molecule has 0 aliphatic carbocycles. The highest BCUT2D eigenvalue weighted by molar-refractivity contribution is 5.92. The van der Waals surface area contributed by atoms with Crippen molar-refractivity contribution in [3.8, 4) is 11.6 Å². The zero-order valence-corrected chi connectivity index (χ0v) is 13.3. The van der Waals surface area contributed by atoms with E-state index in [4.69, 9.17) is 4.42 Å². The van der Waals surface area contributed by atoms with E-state index in [1.54, 1.807) is 42.5 Å². The van der Waals surface area contributed by atoms with Gasteiger partial charge in [0.2, 0.25) is 0 Å². The standard InChI is InChI=1S/C18H12N4O4/c23-21(12-6-2-1-3-7-12)18-13-8-4-5-9-14(13)19-17(20-18)15-10-11-16(26-15)22(24)25/h1-11,23H. The van der Waals surface area contributed by atoms with Crippen molar-refractivity contribution in [1.29, 1.82) is 0 Å². The molecular formula is C18H12N4O4. The fraction of sp³-hybridized carbons (Fsp3) is 0. The molecular weight excluding hydrogens is 336 g/mol. The average molecular weight is 348 g/mol. The van der Waals surface area contributed by atoms with E-state index in [-0.39, 0.29) is 17.4 Å². The lowest BCUT2D eigenvalue weighted by Crippen LogP contribution is -2.13. The number of rotatable bonds is 4. The van der Waals surface area contributed by atoms with Crippen LogP contribution in [-0.2, 0) is 0 Å². The number of aromatic nitrogens is 2. The van der Waals surface area contributed by atoms with Gasteiger partial charge in [-0.05, 0) is 30.3 Å². The van der Waals surface area contributed by atoms with E-state index < -0.39 is 10.8 Å². The third-order valence-electron chi connectivity index (χ3n) is 3.78. The molecule has 0 spiro atoms. The Morgan fingerprint density at radius 3 is 2.42 bits per heavy atom. The lowest BCUT2D eigenvalue weighted by molar-refractivity contribution is -0.401. The summed E-state index contributed by atoms with van der Waals surface area (Å²) in [5.74, 6) is 0.130. The van der Waals surface area contributed by atoms with Crippen molar-refractivity contribution in [3.63, 3.8) is 0 Å². The molecule has 2 aromatic carbocycles. The van der Waals surface area contributed by atoms with Gasteiger partial charge in [0.15, 0.2) is 17.4 Å². The molecule has 26 heavy (non-hydrogen) atoms. The first kappa shape index (κ1) is 15.7. The summed E-state index contributed by atoms with van der Waals surface area (Å²) >= 11 is 0. The van der Waals surface area contributed by atoms with E-state index in [1.807, 2.05) is 12.1 Å². The molecule has 8 nitrogen and oxygen atoms in total. The maximum Gasteiger partial charge on any atom is 0.433 e. The molecule has 0 saturated carbocycles. The Labute approximate surface area is 147 Å². The third-order valence-corrected chi connectivity index (χ3v) is 3.78. The van der Waals surface area contributed by atoms with E-state index in [1.165, 1.54) is 12.1 Å². The molecule has 0 saturated heterocycles. The molecule has 0 fully saturated rings. The van der Waals surface area contributed by atoms with Crippen LogP contribution in [-0.4, -0.2) is 20.1 Å². The number of nitro groups is 1. The summed E-state index contributed by atoms with van der Waals surface area (Å²) < 4.78 is 5.20. The van der Waals surface area contributed by atoms with Crippen LogP contribution in [0.25, 0.3) is 22.5 Å². The molecule has 0 radical (unpaired) electrons. The zero-order chi connectivity index (χ0) is 18.1. The van der Waals surface area contributed by atoms with Gasteiger partial charge in [0, 0.05) is 5.39 Å². The van der Waals surface area contributed by atoms with Crippen LogP contribution < -0.4 is 5.06 Å². The predicted octanol–water partition coefficient (Wildman–Crippen LogP) is 4.33. The van der Waals surface area contributed by atoms with Crippen molar-refractivity contribution in [2.24, 2.45) is 0 Å². The molecule has 4 aromatic rings. The second kappa shape index (κ2) is 6.26.